The number of aromatic hydroxyl groups is 1. The Bertz CT molecular complexity index is 1380. The van der Waals surface area contributed by atoms with Gasteiger partial charge in [0.05, 0.1) is 14.7 Å². The average Bonchev–Trinajstić information content (AvgIpc) is 2.77. The highest BCUT2D eigenvalue weighted by Gasteiger charge is 2.45. The van der Waals surface area contributed by atoms with E-state index in [-0.39, 0.29) is 11.3 Å². The van der Waals surface area contributed by atoms with Crippen LogP contribution >= 0.6 is 214 Å². The first kappa shape index (κ1) is 34.0. The van der Waals surface area contributed by atoms with Crippen molar-refractivity contribution in [3.63, 3.8) is 0 Å². The molecule has 4 rings (SSSR count). The molecular formula is C25H11I9O3S. The zero-order valence-electron chi connectivity index (χ0n) is 18.3. The highest BCUT2D eigenvalue weighted by atomic mass is 127. The molecule has 0 aliphatic carbocycles. The van der Waals surface area contributed by atoms with Crippen molar-refractivity contribution >= 4 is 220 Å². The maximum Gasteiger partial charge on any atom is 0.353 e. The van der Waals surface area contributed by atoms with Crippen molar-refractivity contribution in [2.45, 2.75) is 14.7 Å². The van der Waals surface area contributed by atoms with Crippen molar-refractivity contribution in [3.05, 3.63) is 98.4 Å². The smallest absolute Gasteiger partial charge is 0.353 e. The Morgan fingerprint density at radius 1 is 0.579 bits per heavy atom. The van der Waals surface area contributed by atoms with Crippen LogP contribution in [0.4, 0.5) is 0 Å². The molecule has 0 atom stereocenters. The van der Waals surface area contributed by atoms with E-state index in [2.05, 4.69) is 240 Å². The van der Waals surface area contributed by atoms with Crippen molar-refractivity contribution in [2.75, 3.05) is 0 Å². The summed E-state index contributed by atoms with van der Waals surface area (Å²) in [6, 6.07) is 19.4. The number of benzene rings is 4. The second-order valence-corrected chi connectivity index (χ2v) is 20.8. The Morgan fingerprint density at radius 2 is 0.895 bits per heavy atom. The van der Waals surface area contributed by atoms with Crippen LogP contribution < -0.4 is 0 Å². The van der Waals surface area contributed by atoms with Gasteiger partial charge in [-0.05, 0) is 252 Å². The molecule has 0 unspecified atom stereocenters. The lowest BCUT2D eigenvalue weighted by molar-refractivity contribution is 0.0754. The van der Waals surface area contributed by atoms with Gasteiger partial charge < -0.3 is 9.29 Å². The van der Waals surface area contributed by atoms with Crippen molar-refractivity contribution in [1.29, 1.82) is 0 Å². The third-order valence-electron chi connectivity index (χ3n) is 5.08. The molecule has 0 amide bonds. The van der Waals surface area contributed by atoms with Crippen LogP contribution in [0.2, 0.25) is 0 Å². The molecule has 4 aromatic carbocycles. The summed E-state index contributed by atoms with van der Waals surface area (Å²) in [6.45, 7) is 0. The van der Waals surface area contributed by atoms with Gasteiger partial charge in [0.15, 0.2) is 0 Å². The highest BCUT2D eigenvalue weighted by molar-refractivity contribution is 14.1. The zero-order valence-corrected chi connectivity index (χ0v) is 38.6. The van der Waals surface area contributed by atoms with E-state index in [1.54, 1.807) is 18.2 Å². The molecule has 0 bridgehead atoms. The van der Waals surface area contributed by atoms with Crippen molar-refractivity contribution in [3.8, 4) is 5.75 Å². The summed E-state index contributed by atoms with van der Waals surface area (Å²) < 4.78 is 16.4. The molecule has 0 fully saturated rings. The highest BCUT2D eigenvalue weighted by Crippen LogP contribution is 2.74. The van der Waals surface area contributed by atoms with Crippen LogP contribution in [0.3, 0.4) is 0 Å². The first-order chi connectivity index (χ1) is 17.9. The van der Waals surface area contributed by atoms with Crippen LogP contribution in [0.1, 0.15) is 10.4 Å². The molecule has 0 aliphatic heterocycles. The number of carbonyl (C=O) groups is 1. The Hall–Kier alpha value is 3.07. The van der Waals surface area contributed by atoms with E-state index < -0.39 is 16.3 Å². The van der Waals surface area contributed by atoms with Crippen LogP contribution in [0.5, 0.6) is 5.75 Å². The van der Waals surface area contributed by atoms with Crippen LogP contribution in [-0.2, 0) is 4.18 Å². The first-order valence-electron chi connectivity index (χ1n) is 10.2. The second kappa shape index (κ2) is 14.4. The zero-order chi connectivity index (χ0) is 27.9. The van der Waals surface area contributed by atoms with E-state index in [1.165, 1.54) is 6.07 Å². The monoisotopic (exact) mass is 1530 g/mol. The summed E-state index contributed by atoms with van der Waals surface area (Å²) in [7, 11) is -2.65. The van der Waals surface area contributed by atoms with Crippen LogP contribution in [-0.4, -0.2) is 11.1 Å². The van der Waals surface area contributed by atoms with Gasteiger partial charge in [-0.25, -0.2) is 4.79 Å². The molecule has 0 saturated heterocycles. The average molecular weight is 1530 g/mol. The summed E-state index contributed by atoms with van der Waals surface area (Å²) in [4.78, 5) is 17.0. The lowest BCUT2D eigenvalue weighted by atomic mass is 10.2. The quantitative estimate of drug-likeness (QED) is 0.203. The second-order valence-electron chi connectivity index (χ2n) is 7.54. The lowest BCUT2D eigenvalue weighted by Gasteiger charge is -2.43. The number of carbonyl (C=O) groups excluding carboxylic acids is 1. The topological polar surface area (TPSA) is 46.5 Å². The van der Waals surface area contributed by atoms with Gasteiger partial charge in [0.2, 0.25) is 0 Å². The molecule has 3 nitrogen and oxygen atoms in total. The van der Waals surface area contributed by atoms with Gasteiger partial charge in [0, 0.05) is 42.4 Å². The van der Waals surface area contributed by atoms with Gasteiger partial charge in [-0.15, -0.1) is 0 Å². The number of hydrogen-bond donors (Lipinski definition) is 1. The Balaban J connectivity index is 2.25. The molecule has 4 aromatic rings. The Kier molecular flexibility index (Phi) is 12.9. The summed E-state index contributed by atoms with van der Waals surface area (Å²) in [5.41, 5.74) is 0.144. The van der Waals surface area contributed by atoms with Crippen molar-refractivity contribution in [2.24, 2.45) is 0 Å². The molecule has 198 valence electrons. The lowest BCUT2D eigenvalue weighted by Crippen LogP contribution is -2.20. The summed E-state index contributed by atoms with van der Waals surface area (Å²) >= 11 is 21.3. The van der Waals surface area contributed by atoms with E-state index in [0.717, 1.165) is 46.8 Å². The molecular weight excluding hydrogens is 1520 g/mol. The number of hydrogen-bond acceptors (Lipinski definition) is 3. The Labute approximate surface area is 345 Å². The van der Waals surface area contributed by atoms with Gasteiger partial charge in [-0.3, -0.25) is 0 Å². The van der Waals surface area contributed by atoms with Crippen LogP contribution in [0, 0.1) is 32.1 Å². The fraction of sp³-hybridized carbons (Fsp3) is 0. The SMILES string of the molecule is O=C(OS(c1c(I)cc(I)cc1I)(c1c(I)cc(I)cc1I)c1c(I)cc(I)cc1I)c1ccccc1O. The molecule has 38 heavy (non-hydrogen) atoms. The summed E-state index contributed by atoms with van der Waals surface area (Å²) in [6.07, 6.45) is 0. The Morgan fingerprint density at radius 3 is 1.21 bits per heavy atom. The molecule has 0 radical (unpaired) electrons. The van der Waals surface area contributed by atoms with Gasteiger partial charge in [-0.2, -0.15) is 0 Å². The molecule has 0 heterocycles. The maximum absolute atomic E-state index is 14.1. The van der Waals surface area contributed by atoms with E-state index in [4.69, 9.17) is 4.18 Å². The van der Waals surface area contributed by atoms with E-state index in [9.17, 15) is 9.90 Å². The summed E-state index contributed by atoms with van der Waals surface area (Å²) in [5, 5.41) is 10.6. The molecule has 1 N–H and O–H groups in total. The van der Waals surface area contributed by atoms with Crippen molar-refractivity contribution < 1.29 is 14.1 Å². The fourth-order valence-electron chi connectivity index (χ4n) is 3.65. The third kappa shape index (κ3) is 7.14. The molecule has 0 aromatic heterocycles. The largest absolute Gasteiger partial charge is 0.507 e. The number of halogens is 9. The van der Waals surface area contributed by atoms with E-state index in [1.807, 2.05) is 0 Å². The molecule has 0 aliphatic rings. The minimum absolute atomic E-state index is 0.100. The predicted octanol–water partition coefficient (Wildman–Crippen LogP) is 11.9. The number of para-hydroxylation sites is 1. The molecule has 13 heteroatoms. The molecule has 0 saturated carbocycles. The number of phenols is 1. The van der Waals surface area contributed by atoms with Gasteiger partial charge in [0.1, 0.15) is 11.3 Å². The van der Waals surface area contributed by atoms with Crippen molar-refractivity contribution in [1.82, 2.24) is 0 Å². The van der Waals surface area contributed by atoms with E-state index in [0.29, 0.717) is 0 Å². The normalized spacial score (nSPS) is 11.9. The standard InChI is InChI=1S/C25H11I9O3S/c26-11-5-15(29)22(16(30)6-11)38(23-17(31)7-12(27)8-18(23)32,24-19(33)9-13(28)10-20(24)34)37-25(36)14-3-1-2-4-21(14)35/h1-10,35H. The number of phenolic OH excluding ortho intramolecular Hbond substituents is 1. The van der Waals surface area contributed by atoms with Crippen LogP contribution in [0.15, 0.2) is 75.4 Å². The fourth-order valence-corrected chi connectivity index (χ4v) is 23.2. The van der Waals surface area contributed by atoms with Gasteiger partial charge in [0.25, 0.3) is 0 Å². The summed E-state index contributed by atoms with van der Waals surface area (Å²) in [5.74, 6) is -0.657. The third-order valence-corrected chi connectivity index (χ3v) is 17.7. The van der Waals surface area contributed by atoms with Gasteiger partial charge >= 0.3 is 5.97 Å². The minimum atomic E-state index is -2.65. The maximum atomic E-state index is 14.1. The van der Waals surface area contributed by atoms with E-state index >= 15 is 0 Å². The number of rotatable bonds is 5. The minimum Gasteiger partial charge on any atom is -0.507 e. The van der Waals surface area contributed by atoms with Gasteiger partial charge in [-0.1, -0.05) is 12.1 Å². The molecule has 0 spiro atoms. The van der Waals surface area contributed by atoms with Crippen LogP contribution in [0.25, 0.3) is 0 Å². The predicted molar refractivity (Wildman–Crippen MR) is 230 cm³/mol. The first-order valence-corrected chi connectivity index (χ1v) is 21.4.